The van der Waals surface area contributed by atoms with Crippen LogP contribution in [0.15, 0.2) is 23.1 Å². The van der Waals surface area contributed by atoms with Crippen molar-refractivity contribution in [3.8, 4) is 17.2 Å². The predicted molar refractivity (Wildman–Crippen MR) is 77.8 cm³/mol. The van der Waals surface area contributed by atoms with Gasteiger partial charge in [0.05, 0.1) is 37.6 Å². The van der Waals surface area contributed by atoms with Crippen molar-refractivity contribution in [1.82, 2.24) is 4.57 Å². The van der Waals surface area contributed by atoms with Crippen molar-refractivity contribution in [3.05, 3.63) is 28.6 Å². The van der Waals surface area contributed by atoms with Gasteiger partial charge in [-0.2, -0.15) is 8.42 Å². The highest BCUT2D eigenvalue weighted by Crippen LogP contribution is 2.31. The van der Waals surface area contributed by atoms with Crippen molar-refractivity contribution in [2.24, 2.45) is 7.05 Å². The predicted octanol–water partition coefficient (Wildman–Crippen LogP) is 0.894. The number of hydrogen-bond donors (Lipinski definition) is 0. The molecular weight excluding hydrogens is 298 g/mol. The first-order valence-corrected chi connectivity index (χ1v) is 7.73. The van der Waals surface area contributed by atoms with Gasteiger partial charge in [0, 0.05) is 13.1 Å². The maximum Gasteiger partial charge on any atom is 0.306 e. The lowest BCUT2D eigenvalue weighted by atomic mass is 10.1. The molecule has 0 saturated carbocycles. The van der Waals surface area contributed by atoms with E-state index in [1.54, 1.807) is 17.7 Å². The Bertz CT molecular complexity index is 853. The van der Waals surface area contributed by atoms with Crippen LogP contribution in [0.5, 0.6) is 17.2 Å². The molecule has 114 valence electrons. The van der Waals surface area contributed by atoms with E-state index in [0.717, 1.165) is 6.26 Å². The van der Waals surface area contributed by atoms with Crippen molar-refractivity contribution in [2.45, 2.75) is 0 Å². The standard InChI is InChI=1S/C13H15NO6S/c1-14-7-12(20-21(4,16)17)13(15)8-5-10(18-2)11(19-3)6-9(8)14/h5-7H,1-4H3. The minimum atomic E-state index is -3.78. The highest BCUT2D eigenvalue weighted by molar-refractivity contribution is 7.86. The number of rotatable bonds is 4. The van der Waals surface area contributed by atoms with Crippen molar-refractivity contribution in [2.75, 3.05) is 20.5 Å². The zero-order chi connectivity index (χ0) is 15.8. The van der Waals surface area contributed by atoms with E-state index in [9.17, 15) is 13.2 Å². The molecule has 0 spiro atoms. The normalized spacial score (nSPS) is 11.4. The number of aryl methyl sites for hydroxylation is 1. The maximum atomic E-state index is 12.3. The molecule has 0 fully saturated rings. The molecule has 0 bridgehead atoms. The van der Waals surface area contributed by atoms with E-state index in [4.69, 9.17) is 13.7 Å². The van der Waals surface area contributed by atoms with E-state index in [0.29, 0.717) is 17.0 Å². The average molecular weight is 313 g/mol. The van der Waals surface area contributed by atoms with Crippen molar-refractivity contribution >= 4 is 21.0 Å². The summed E-state index contributed by atoms with van der Waals surface area (Å²) in [6, 6.07) is 3.13. The van der Waals surface area contributed by atoms with Crippen molar-refractivity contribution in [3.63, 3.8) is 0 Å². The zero-order valence-corrected chi connectivity index (χ0v) is 12.9. The minimum Gasteiger partial charge on any atom is -0.493 e. The number of aromatic nitrogens is 1. The number of fused-ring (bicyclic) bond motifs is 1. The third kappa shape index (κ3) is 2.94. The largest absolute Gasteiger partial charge is 0.493 e. The van der Waals surface area contributed by atoms with E-state index in [2.05, 4.69) is 0 Å². The average Bonchev–Trinajstić information content (AvgIpc) is 2.41. The Morgan fingerprint density at radius 3 is 2.14 bits per heavy atom. The molecular formula is C13H15NO6S. The molecule has 2 rings (SSSR count). The zero-order valence-electron chi connectivity index (χ0n) is 12.0. The monoisotopic (exact) mass is 313 g/mol. The summed E-state index contributed by atoms with van der Waals surface area (Å²) in [6.45, 7) is 0. The summed E-state index contributed by atoms with van der Waals surface area (Å²) in [5.74, 6) is 0.579. The lowest BCUT2D eigenvalue weighted by Gasteiger charge is -2.13. The lowest BCUT2D eigenvalue weighted by molar-refractivity contribution is 0.355. The molecule has 0 unspecified atom stereocenters. The van der Waals surface area contributed by atoms with E-state index >= 15 is 0 Å². The SMILES string of the molecule is COc1cc2c(=O)c(OS(C)(=O)=O)cn(C)c2cc1OC. The summed E-state index contributed by atoms with van der Waals surface area (Å²) < 4.78 is 39.0. The summed E-state index contributed by atoms with van der Waals surface area (Å²) in [6.07, 6.45) is 2.20. The molecule has 0 saturated heterocycles. The van der Waals surface area contributed by atoms with E-state index in [1.807, 2.05) is 0 Å². The molecule has 7 nitrogen and oxygen atoms in total. The molecule has 1 aromatic heterocycles. The first-order valence-electron chi connectivity index (χ1n) is 5.91. The van der Waals surface area contributed by atoms with Gasteiger partial charge >= 0.3 is 10.1 Å². The minimum absolute atomic E-state index is 0.264. The van der Waals surface area contributed by atoms with Crippen LogP contribution >= 0.6 is 0 Å². The first-order chi connectivity index (χ1) is 9.76. The van der Waals surface area contributed by atoms with Crippen LogP contribution < -0.4 is 19.1 Å². The van der Waals surface area contributed by atoms with Gasteiger partial charge in [-0.3, -0.25) is 4.79 Å². The van der Waals surface area contributed by atoms with Crippen molar-refractivity contribution < 1.29 is 22.1 Å². The number of methoxy groups -OCH3 is 2. The lowest BCUT2D eigenvalue weighted by Crippen LogP contribution is -2.16. The third-order valence-corrected chi connectivity index (χ3v) is 3.38. The molecule has 0 aliphatic heterocycles. The number of ether oxygens (including phenoxy) is 2. The first kappa shape index (κ1) is 15.2. The molecule has 8 heteroatoms. The Kier molecular flexibility index (Phi) is 3.82. The van der Waals surface area contributed by atoms with Crippen LogP contribution in [0.2, 0.25) is 0 Å². The Balaban J connectivity index is 2.80. The van der Waals surface area contributed by atoms with Crippen LogP contribution in [-0.2, 0) is 17.2 Å². The van der Waals surface area contributed by atoms with Crippen LogP contribution in [0.3, 0.4) is 0 Å². The molecule has 0 aliphatic carbocycles. The van der Waals surface area contributed by atoms with Gasteiger partial charge < -0.3 is 18.2 Å². The van der Waals surface area contributed by atoms with Crippen molar-refractivity contribution in [1.29, 1.82) is 0 Å². The van der Waals surface area contributed by atoms with Gasteiger partial charge in [-0.15, -0.1) is 0 Å². The molecule has 2 aromatic rings. The van der Waals surface area contributed by atoms with Gasteiger partial charge in [0.2, 0.25) is 11.2 Å². The second-order valence-corrected chi connectivity index (χ2v) is 6.02. The second kappa shape index (κ2) is 5.28. The van der Waals surface area contributed by atoms with Gasteiger partial charge in [0.25, 0.3) is 0 Å². The Hall–Kier alpha value is -2.22. The van der Waals surface area contributed by atoms with Crippen LogP contribution in [0.4, 0.5) is 0 Å². The smallest absolute Gasteiger partial charge is 0.306 e. The Morgan fingerprint density at radius 2 is 1.62 bits per heavy atom. The Labute approximate surface area is 121 Å². The van der Waals surface area contributed by atoms with E-state index in [1.165, 1.54) is 26.5 Å². The highest BCUT2D eigenvalue weighted by Gasteiger charge is 2.16. The fraction of sp³-hybridized carbons (Fsp3) is 0.308. The summed E-state index contributed by atoms with van der Waals surface area (Å²) in [5.41, 5.74) is 0.0352. The molecule has 0 amide bonds. The van der Waals surface area contributed by atoms with Gasteiger partial charge in [-0.1, -0.05) is 0 Å². The summed E-state index contributed by atoms with van der Waals surface area (Å²) in [7, 11) is 0.825. The topological polar surface area (TPSA) is 83.8 Å². The van der Waals surface area contributed by atoms with E-state index < -0.39 is 15.5 Å². The molecule has 1 heterocycles. The number of pyridine rings is 1. The van der Waals surface area contributed by atoms with Crippen LogP contribution in [0, 0.1) is 0 Å². The number of benzene rings is 1. The fourth-order valence-electron chi connectivity index (χ4n) is 2.00. The van der Waals surface area contributed by atoms with Gasteiger partial charge in [-0.05, 0) is 6.07 Å². The number of nitrogens with zero attached hydrogens (tertiary/aromatic N) is 1. The molecule has 0 atom stereocenters. The second-order valence-electron chi connectivity index (χ2n) is 4.45. The van der Waals surface area contributed by atoms with Gasteiger partial charge in [-0.25, -0.2) is 0 Å². The maximum absolute atomic E-state index is 12.3. The van der Waals surface area contributed by atoms with Crippen LogP contribution in [0.1, 0.15) is 0 Å². The molecule has 21 heavy (non-hydrogen) atoms. The van der Waals surface area contributed by atoms with Crippen LogP contribution in [-0.4, -0.2) is 33.5 Å². The van der Waals surface area contributed by atoms with Gasteiger partial charge in [0.1, 0.15) is 0 Å². The third-order valence-electron chi connectivity index (χ3n) is 2.90. The Morgan fingerprint density at radius 1 is 1.05 bits per heavy atom. The summed E-state index contributed by atoms with van der Waals surface area (Å²) in [4.78, 5) is 12.3. The molecule has 1 aromatic carbocycles. The van der Waals surface area contributed by atoms with Gasteiger partial charge in [0.15, 0.2) is 11.5 Å². The molecule has 0 aliphatic rings. The highest BCUT2D eigenvalue weighted by atomic mass is 32.2. The number of hydrogen-bond acceptors (Lipinski definition) is 6. The van der Waals surface area contributed by atoms with E-state index in [-0.39, 0.29) is 11.1 Å². The summed E-state index contributed by atoms with van der Waals surface area (Å²) >= 11 is 0. The molecule has 0 radical (unpaired) electrons. The summed E-state index contributed by atoms with van der Waals surface area (Å²) in [5, 5.41) is 0.274. The fourth-order valence-corrected chi connectivity index (χ4v) is 2.45. The van der Waals surface area contributed by atoms with Crippen LogP contribution in [0.25, 0.3) is 10.9 Å². The molecule has 0 N–H and O–H groups in total. The quantitative estimate of drug-likeness (QED) is 0.780.